The van der Waals surface area contributed by atoms with Crippen LogP contribution in [0.1, 0.15) is 49.9 Å². The molecule has 1 aliphatic carbocycles. The summed E-state index contributed by atoms with van der Waals surface area (Å²) in [5, 5.41) is 0. The Labute approximate surface area is 115 Å². The molecule has 0 aromatic heterocycles. The van der Waals surface area contributed by atoms with Crippen LogP contribution in [0, 0.1) is 11.3 Å². The molecule has 2 heteroatoms. The van der Waals surface area contributed by atoms with Gasteiger partial charge in [0.25, 0.3) is 5.91 Å². The fourth-order valence-corrected chi connectivity index (χ4v) is 3.53. The second kappa shape index (κ2) is 4.66. The summed E-state index contributed by atoms with van der Waals surface area (Å²) >= 11 is 0. The minimum absolute atomic E-state index is 0.222. The van der Waals surface area contributed by atoms with Gasteiger partial charge in [-0.15, -0.1) is 0 Å². The SMILES string of the molecule is CC1CC1(C)CC1CCCN1C(=O)c1ccccc1. The summed E-state index contributed by atoms with van der Waals surface area (Å²) in [5.41, 5.74) is 1.33. The van der Waals surface area contributed by atoms with Crippen LogP contribution in [0.15, 0.2) is 30.3 Å². The molecule has 1 saturated heterocycles. The lowest BCUT2D eigenvalue weighted by Crippen LogP contribution is -2.36. The molecule has 1 amide bonds. The lowest BCUT2D eigenvalue weighted by atomic mass is 9.95. The highest BCUT2D eigenvalue weighted by Gasteiger charge is 2.49. The minimum atomic E-state index is 0.222. The van der Waals surface area contributed by atoms with Gasteiger partial charge in [0.2, 0.25) is 0 Å². The number of nitrogens with zero attached hydrogens (tertiary/aromatic N) is 1. The second-order valence-electron chi connectivity index (χ2n) is 6.62. The first-order chi connectivity index (χ1) is 9.10. The van der Waals surface area contributed by atoms with Crippen molar-refractivity contribution in [1.82, 2.24) is 4.90 Å². The van der Waals surface area contributed by atoms with Crippen molar-refractivity contribution in [3.63, 3.8) is 0 Å². The predicted molar refractivity (Wildman–Crippen MR) is 77.0 cm³/mol. The third kappa shape index (κ3) is 2.41. The average Bonchev–Trinajstić information content (AvgIpc) is 2.81. The molecule has 0 N–H and O–H groups in total. The molecule has 3 unspecified atom stereocenters. The average molecular weight is 257 g/mol. The minimum Gasteiger partial charge on any atom is -0.336 e. The number of carbonyl (C=O) groups excluding carboxylic acids is 1. The van der Waals surface area contributed by atoms with Crippen molar-refractivity contribution >= 4 is 5.91 Å². The van der Waals surface area contributed by atoms with E-state index in [-0.39, 0.29) is 5.91 Å². The lowest BCUT2D eigenvalue weighted by molar-refractivity contribution is 0.0714. The van der Waals surface area contributed by atoms with Gasteiger partial charge in [-0.3, -0.25) is 4.79 Å². The molecule has 19 heavy (non-hydrogen) atoms. The molecule has 1 heterocycles. The number of hydrogen-bond donors (Lipinski definition) is 0. The van der Waals surface area contributed by atoms with Crippen LogP contribution in [0.25, 0.3) is 0 Å². The molecular weight excluding hydrogens is 234 g/mol. The quantitative estimate of drug-likeness (QED) is 0.808. The lowest BCUT2D eigenvalue weighted by Gasteiger charge is -2.27. The first kappa shape index (κ1) is 12.7. The topological polar surface area (TPSA) is 20.3 Å². The summed E-state index contributed by atoms with van der Waals surface area (Å²) in [6.07, 6.45) is 4.86. The van der Waals surface area contributed by atoms with Gasteiger partial charge in [-0.2, -0.15) is 0 Å². The van der Waals surface area contributed by atoms with Gasteiger partial charge >= 0.3 is 0 Å². The zero-order chi connectivity index (χ0) is 13.5. The Hall–Kier alpha value is -1.31. The van der Waals surface area contributed by atoms with Crippen LogP contribution in [-0.4, -0.2) is 23.4 Å². The van der Waals surface area contributed by atoms with Crippen LogP contribution in [0.3, 0.4) is 0 Å². The van der Waals surface area contributed by atoms with Gasteiger partial charge < -0.3 is 4.90 Å². The van der Waals surface area contributed by atoms with Crippen LogP contribution in [0.5, 0.6) is 0 Å². The largest absolute Gasteiger partial charge is 0.336 e. The van der Waals surface area contributed by atoms with E-state index in [1.807, 2.05) is 30.3 Å². The van der Waals surface area contributed by atoms with Crippen LogP contribution in [0.2, 0.25) is 0 Å². The van der Waals surface area contributed by atoms with Crippen LogP contribution >= 0.6 is 0 Å². The Morgan fingerprint density at radius 2 is 2.05 bits per heavy atom. The summed E-state index contributed by atoms with van der Waals surface area (Å²) in [5.74, 6) is 1.06. The van der Waals surface area contributed by atoms with E-state index in [2.05, 4.69) is 18.7 Å². The van der Waals surface area contributed by atoms with E-state index in [1.165, 1.54) is 19.3 Å². The molecule has 102 valence electrons. The fourth-order valence-electron chi connectivity index (χ4n) is 3.53. The van der Waals surface area contributed by atoms with Gasteiger partial charge in [0.15, 0.2) is 0 Å². The third-order valence-corrected chi connectivity index (χ3v) is 5.16. The van der Waals surface area contributed by atoms with Gasteiger partial charge in [-0.05, 0) is 49.1 Å². The first-order valence-corrected chi connectivity index (χ1v) is 7.46. The maximum absolute atomic E-state index is 12.6. The standard InChI is InChI=1S/C17H23NO/c1-13-11-17(13,2)12-15-9-6-10-18(15)16(19)14-7-4-3-5-8-14/h3-5,7-8,13,15H,6,9-12H2,1-2H3. The van der Waals surface area contributed by atoms with Crippen molar-refractivity contribution in [2.24, 2.45) is 11.3 Å². The van der Waals surface area contributed by atoms with Crippen LogP contribution in [0.4, 0.5) is 0 Å². The fraction of sp³-hybridized carbons (Fsp3) is 0.588. The predicted octanol–water partition coefficient (Wildman–Crippen LogP) is 3.73. The normalized spacial score (nSPS) is 33.5. The van der Waals surface area contributed by atoms with Gasteiger partial charge in [0.1, 0.15) is 0 Å². The zero-order valence-electron chi connectivity index (χ0n) is 11.9. The molecule has 2 fully saturated rings. The van der Waals surface area contributed by atoms with Crippen molar-refractivity contribution in [3.05, 3.63) is 35.9 Å². The van der Waals surface area contributed by atoms with E-state index < -0.39 is 0 Å². The van der Waals surface area contributed by atoms with Crippen molar-refractivity contribution < 1.29 is 4.79 Å². The molecule has 3 atom stereocenters. The number of hydrogen-bond acceptors (Lipinski definition) is 1. The number of amides is 1. The molecule has 1 aliphatic heterocycles. The Bertz CT molecular complexity index is 469. The van der Waals surface area contributed by atoms with Crippen molar-refractivity contribution in [1.29, 1.82) is 0 Å². The maximum Gasteiger partial charge on any atom is 0.254 e. The Morgan fingerprint density at radius 1 is 1.37 bits per heavy atom. The maximum atomic E-state index is 12.6. The highest BCUT2D eigenvalue weighted by molar-refractivity contribution is 5.94. The Balaban J connectivity index is 1.71. The number of rotatable bonds is 3. The number of carbonyl (C=O) groups is 1. The first-order valence-electron chi connectivity index (χ1n) is 7.46. The van der Waals surface area contributed by atoms with Gasteiger partial charge in [-0.25, -0.2) is 0 Å². The van der Waals surface area contributed by atoms with Gasteiger partial charge in [0, 0.05) is 18.2 Å². The van der Waals surface area contributed by atoms with E-state index in [9.17, 15) is 4.79 Å². The summed E-state index contributed by atoms with van der Waals surface area (Å²) < 4.78 is 0. The molecule has 3 rings (SSSR count). The smallest absolute Gasteiger partial charge is 0.254 e. The summed E-state index contributed by atoms with van der Waals surface area (Å²) in [6, 6.07) is 10.2. The molecule has 0 radical (unpaired) electrons. The monoisotopic (exact) mass is 257 g/mol. The third-order valence-electron chi connectivity index (χ3n) is 5.16. The molecule has 1 saturated carbocycles. The molecule has 2 aliphatic rings. The van der Waals surface area contributed by atoms with E-state index in [0.29, 0.717) is 11.5 Å². The van der Waals surface area contributed by atoms with Crippen LogP contribution in [-0.2, 0) is 0 Å². The second-order valence-corrected chi connectivity index (χ2v) is 6.62. The van der Waals surface area contributed by atoms with Crippen molar-refractivity contribution in [2.75, 3.05) is 6.54 Å². The number of benzene rings is 1. The summed E-state index contributed by atoms with van der Waals surface area (Å²) in [6.45, 7) is 5.64. The van der Waals surface area contributed by atoms with Gasteiger partial charge in [0.05, 0.1) is 0 Å². The highest BCUT2D eigenvalue weighted by Crippen LogP contribution is 2.56. The van der Waals surface area contributed by atoms with E-state index in [0.717, 1.165) is 24.4 Å². The number of likely N-dealkylation sites (tertiary alicyclic amines) is 1. The van der Waals surface area contributed by atoms with E-state index >= 15 is 0 Å². The van der Waals surface area contributed by atoms with Crippen LogP contribution < -0.4 is 0 Å². The molecule has 1 aromatic rings. The zero-order valence-corrected chi connectivity index (χ0v) is 11.9. The van der Waals surface area contributed by atoms with Gasteiger partial charge in [-0.1, -0.05) is 32.0 Å². The summed E-state index contributed by atoms with van der Waals surface area (Å²) in [4.78, 5) is 14.7. The van der Waals surface area contributed by atoms with Crippen molar-refractivity contribution in [2.45, 2.75) is 45.6 Å². The molecule has 2 nitrogen and oxygen atoms in total. The van der Waals surface area contributed by atoms with E-state index in [4.69, 9.17) is 0 Å². The summed E-state index contributed by atoms with van der Waals surface area (Å²) in [7, 11) is 0. The van der Waals surface area contributed by atoms with Crippen molar-refractivity contribution in [3.8, 4) is 0 Å². The van der Waals surface area contributed by atoms with E-state index in [1.54, 1.807) is 0 Å². The molecule has 0 bridgehead atoms. The molecular formula is C17H23NO. The Morgan fingerprint density at radius 3 is 2.68 bits per heavy atom. The molecule has 0 spiro atoms. The molecule has 1 aromatic carbocycles. The highest BCUT2D eigenvalue weighted by atomic mass is 16.2. The Kier molecular flexibility index (Phi) is 3.12.